The first kappa shape index (κ1) is 59.6. The molecule has 7 unspecified atom stereocenters. The van der Waals surface area contributed by atoms with Crippen molar-refractivity contribution in [2.24, 2.45) is 0 Å². The van der Waals surface area contributed by atoms with Gasteiger partial charge in [-0.1, -0.05) is 184 Å². The highest BCUT2D eigenvalue weighted by Crippen LogP contribution is 2.22. The van der Waals surface area contributed by atoms with Gasteiger partial charge in [0.25, 0.3) is 0 Å². The number of nitrogens with one attached hydrogen (secondary N) is 1. The Hall–Kier alpha value is -2.38. The molecule has 1 aliphatic heterocycles. The van der Waals surface area contributed by atoms with Gasteiger partial charge < -0.3 is 45.1 Å². The van der Waals surface area contributed by atoms with Crippen LogP contribution < -0.4 is 5.32 Å². The predicted octanol–water partition coefficient (Wildman–Crippen LogP) is 10.5. The topological polar surface area (TPSA) is 175 Å². The van der Waals surface area contributed by atoms with E-state index in [1.54, 1.807) is 6.08 Å². The fourth-order valence-electron chi connectivity index (χ4n) is 7.73. The van der Waals surface area contributed by atoms with E-state index < -0.39 is 49.5 Å². The van der Waals surface area contributed by atoms with Crippen molar-refractivity contribution >= 4 is 11.9 Å². The van der Waals surface area contributed by atoms with Gasteiger partial charge in [0.2, 0.25) is 5.91 Å². The molecular formula is C53H95NO10. The van der Waals surface area contributed by atoms with Crippen molar-refractivity contribution in [2.45, 2.75) is 256 Å². The van der Waals surface area contributed by atoms with Gasteiger partial charge in [-0.05, 0) is 64.2 Å². The molecule has 11 heteroatoms. The Morgan fingerprint density at radius 1 is 0.578 bits per heavy atom. The van der Waals surface area contributed by atoms with Crippen LogP contribution in [0.5, 0.6) is 0 Å². The van der Waals surface area contributed by atoms with E-state index in [9.17, 15) is 35.1 Å². The summed E-state index contributed by atoms with van der Waals surface area (Å²) in [6.45, 7) is 4.19. The summed E-state index contributed by atoms with van der Waals surface area (Å²) in [5.74, 6) is -0.316. The summed E-state index contributed by atoms with van der Waals surface area (Å²) >= 11 is 0. The van der Waals surface area contributed by atoms with Crippen LogP contribution >= 0.6 is 0 Å². The molecule has 7 atom stereocenters. The highest BCUT2D eigenvalue weighted by Gasteiger charge is 2.44. The maximum Gasteiger partial charge on any atom is 0.305 e. The maximum absolute atomic E-state index is 12.9. The Balaban J connectivity index is 2.26. The lowest BCUT2D eigenvalue weighted by Gasteiger charge is -2.40. The molecule has 0 spiro atoms. The van der Waals surface area contributed by atoms with Crippen LogP contribution in [-0.4, -0.2) is 100 Å². The van der Waals surface area contributed by atoms with Crippen LogP contribution in [0, 0.1) is 0 Å². The highest BCUT2D eigenvalue weighted by molar-refractivity contribution is 5.76. The number of hydrogen-bond donors (Lipinski definition) is 6. The van der Waals surface area contributed by atoms with Crippen LogP contribution in [-0.2, 0) is 23.8 Å². The maximum atomic E-state index is 12.9. The van der Waals surface area contributed by atoms with Crippen LogP contribution in [0.15, 0.2) is 48.6 Å². The standard InChI is InChI=1S/C53H95NO10/c1-3-5-7-9-11-13-15-20-23-27-31-35-39-46(56)45(44-63-53-52(61)51(60)50(59)47(43-55)64-53)54-48(57)40-36-32-28-24-21-17-16-18-22-26-30-34-38-42-62-49(58)41-37-33-29-25-19-14-12-10-8-6-4-2/h17,20-21,23,28,32,35,39,45-47,50-53,55-56,59-61H,3-16,18-19,22,24-27,29-31,33-34,36-38,40-44H2,1-2H3,(H,54,57)/b21-17-,23-20+,32-28-,39-35+. The molecular weight excluding hydrogens is 811 g/mol. The van der Waals surface area contributed by atoms with Gasteiger partial charge in [-0.25, -0.2) is 0 Å². The van der Waals surface area contributed by atoms with Crippen LogP contribution in [0.25, 0.3) is 0 Å². The molecule has 0 aromatic rings. The summed E-state index contributed by atoms with van der Waals surface area (Å²) in [7, 11) is 0. The van der Waals surface area contributed by atoms with Gasteiger partial charge in [0.15, 0.2) is 6.29 Å². The minimum atomic E-state index is -1.59. The first-order valence-electron chi connectivity index (χ1n) is 25.9. The fraction of sp³-hybridized carbons (Fsp3) is 0.811. The van der Waals surface area contributed by atoms with E-state index in [0.29, 0.717) is 19.4 Å². The third-order valence-electron chi connectivity index (χ3n) is 11.9. The van der Waals surface area contributed by atoms with E-state index in [-0.39, 0.29) is 24.9 Å². The molecule has 1 rings (SSSR count). The van der Waals surface area contributed by atoms with Crippen LogP contribution in [0.3, 0.4) is 0 Å². The number of hydrogen-bond acceptors (Lipinski definition) is 10. The Bertz CT molecular complexity index is 1210. The molecule has 0 bridgehead atoms. The number of allylic oxidation sites excluding steroid dienone is 7. The molecule has 0 aliphatic carbocycles. The first-order chi connectivity index (χ1) is 31.2. The zero-order valence-electron chi connectivity index (χ0n) is 40.5. The number of amides is 1. The SMILES string of the molecule is CCCCCCCC/C=C/CC/C=C/C(O)C(COC1OC(CO)C(O)C(O)C1O)NC(=O)CC/C=C\C/C=C\CCCCCCCCOC(=O)CCCCCCCCCCCCC. The molecule has 6 N–H and O–H groups in total. The summed E-state index contributed by atoms with van der Waals surface area (Å²) in [6.07, 6.45) is 42.0. The van der Waals surface area contributed by atoms with Crippen molar-refractivity contribution < 1.29 is 49.3 Å². The summed E-state index contributed by atoms with van der Waals surface area (Å²) in [4.78, 5) is 25.0. The predicted molar refractivity (Wildman–Crippen MR) is 260 cm³/mol. The van der Waals surface area contributed by atoms with Gasteiger partial charge in [0.1, 0.15) is 24.4 Å². The highest BCUT2D eigenvalue weighted by atomic mass is 16.7. The third-order valence-corrected chi connectivity index (χ3v) is 11.9. The number of carbonyl (C=O) groups is 2. The van der Waals surface area contributed by atoms with Gasteiger partial charge in [-0.3, -0.25) is 9.59 Å². The van der Waals surface area contributed by atoms with Crippen molar-refractivity contribution in [3.05, 3.63) is 48.6 Å². The van der Waals surface area contributed by atoms with Crippen molar-refractivity contribution in [3.63, 3.8) is 0 Å². The zero-order valence-corrected chi connectivity index (χ0v) is 40.5. The van der Waals surface area contributed by atoms with Crippen molar-refractivity contribution in [3.8, 4) is 0 Å². The number of ether oxygens (including phenoxy) is 3. The van der Waals surface area contributed by atoms with Gasteiger partial charge in [0.05, 0.1) is 32.0 Å². The normalized spacial score (nSPS) is 20.3. The Labute approximate surface area is 389 Å². The van der Waals surface area contributed by atoms with Gasteiger partial charge in [-0.15, -0.1) is 0 Å². The molecule has 11 nitrogen and oxygen atoms in total. The molecule has 1 saturated heterocycles. The van der Waals surface area contributed by atoms with Crippen LogP contribution in [0.4, 0.5) is 0 Å². The van der Waals surface area contributed by atoms with Crippen molar-refractivity contribution in [1.29, 1.82) is 0 Å². The summed E-state index contributed by atoms with van der Waals surface area (Å²) < 4.78 is 16.6. The lowest BCUT2D eigenvalue weighted by molar-refractivity contribution is -0.302. The third kappa shape index (κ3) is 33.1. The second-order valence-electron chi connectivity index (χ2n) is 17.9. The second kappa shape index (κ2) is 43.2. The smallest absolute Gasteiger partial charge is 0.305 e. The number of unbranched alkanes of at least 4 members (excludes halogenated alkanes) is 23. The number of aliphatic hydroxyl groups is 5. The lowest BCUT2D eigenvalue weighted by atomic mass is 9.99. The second-order valence-corrected chi connectivity index (χ2v) is 17.9. The Morgan fingerprint density at radius 3 is 1.67 bits per heavy atom. The van der Waals surface area contributed by atoms with Gasteiger partial charge in [0, 0.05) is 12.8 Å². The van der Waals surface area contributed by atoms with E-state index in [1.807, 2.05) is 18.2 Å². The van der Waals surface area contributed by atoms with Gasteiger partial charge >= 0.3 is 5.97 Å². The minimum absolute atomic E-state index is 0.0416. The molecule has 1 aliphatic rings. The molecule has 0 saturated carbocycles. The number of esters is 1. The monoisotopic (exact) mass is 906 g/mol. The van der Waals surface area contributed by atoms with E-state index in [4.69, 9.17) is 14.2 Å². The average Bonchev–Trinajstić information content (AvgIpc) is 3.29. The first-order valence-corrected chi connectivity index (χ1v) is 25.9. The minimum Gasteiger partial charge on any atom is -0.466 e. The number of rotatable bonds is 43. The largest absolute Gasteiger partial charge is 0.466 e. The Kier molecular flexibility index (Phi) is 40.3. The molecule has 0 aromatic carbocycles. The molecule has 372 valence electrons. The molecule has 0 aromatic heterocycles. The van der Waals surface area contributed by atoms with E-state index in [0.717, 1.165) is 70.6 Å². The van der Waals surface area contributed by atoms with Gasteiger partial charge in [-0.2, -0.15) is 0 Å². The molecule has 1 fully saturated rings. The van der Waals surface area contributed by atoms with Crippen molar-refractivity contribution in [1.82, 2.24) is 5.32 Å². The molecule has 1 amide bonds. The van der Waals surface area contributed by atoms with E-state index in [1.165, 1.54) is 109 Å². The van der Waals surface area contributed by atoms with Crippen molar-refractivity contribution in [2.75, 3.05) is 19.8 Å². The zero-order chi connectivity index (χ0) is 46.7. The lowest BCUT2D eigenvalue weighted by Crippen LogP contribution is -2.60. The quantitative estimate of drug-likeness (QED) is 0.0196. The Morgan fingerprint density at radius 2 is 1.08 bits per heavy atom. The van der Waals surface area contributed by atoms with E-state index in [2.05, 4.69) is 43.5 Å². The van der Waals surface area contributed by atoms with E-state index >= 15 is 0 Å². The average molecular weight is 906 g/mol. The fourth-order valence-corrected chi connectivity index (χ4v) is 7.73. The van der Waals surface area contributed by atoms with Crippen LogP contribution in [0.1, 0.15) is 213 Å². The summed E-state index contributed by atoms with van der Waals surface area (Å²) in [6, 6.07) is -0.871. The number of carbonyl (C=O) groups excluding carboxylic acids is 2. The summed E-state index contributed by atoms with van der Waals surface area (Å²) in [5.41, 5.74) is 0. The molecule has 64 heavy (non-hydrogen) atoms. The molecule has 1 heterocycles. The molecule has 0 radical (unpaired) electrons. The van der Waals surface area contributed by atoms with Crippen LogP contribution in [0.2, 0.25) is 0 Å². The number of aliphatic hydroxyl groups excluding tert-OH is 5. The summed E-state index contributed by atoms with van der Waals surface area (Å²) in [5, 5.41) is 54.1.